The van der Waals surface area contributed by atoms with Gasteiger partial charge in [0.25, 0.3) is 0 Å². The topological polar surface area (TPSA) is 23.5 Å². The van der Waals surface area contributed by atoms with Crippen LogP contribution in [-0.2, 0) is 0 Å². The van der Waals surface area contributed by atoms with Crippen molar-refractivity contribution in [2.45, 2.75) is 44.6 Å². The Bertz CT molecular complexity index is 130. The quantitative estimate of drug-likeness (QED) is 0.707. The van der Waals surface area contributed by atoms with Crippen LogP contribution >= 0.6 is 0 Å². The van der Waals surface area contributed by atoms with Crippen molar-refractivity contribution in [1.82, 2.24) is 4.90 Å². The molecule has 0 aromatic heterocycles. The summed E-state index contributed by atoms with van der Waals surface area (Å²) in [5, 5.41) is 9.84. The number of rotatable bonds is 5. The highest BCUT2D eigenvalue weighted by atomic mass is 16.3. The molecule has 0 heterocycles. The molecular formula is C11H23NO. The minimum Gasteiger partial charge on any atom is -0.393 e. The Balaban J connectivity index is 2.06. The largest absolute Gasteiger partial charge is 0.393 e. The number of aliphatic hydroxyl groups excluding tert-OH is 1. The molecule has 1 rings (SSSR count). The van der Waals surface area contributed by atoms with Gasteiger partial charge in [-0.1, -0.05) is 12.8 Å². The fourth-order valence-corrected chi connectivity index (χ4v) is 2.19. The highest BCUT2D eigenvalue weighted by molar-refractivity contribution is 4.74. The lowest BCUT2D eigenvalue weighted by Crippen LogP contribution is -2.20. The smallest absolute Gasteiger partial charge is 0.0568 e. The Hall–Kier alpha value is -0.0800. The van der Waals surface area contributed by atoms with Crippen molar-refractivity contribution in [3.8, 4) is 0 Å². The summed E-state index contributed by atoms with van der Waals surface area (Å²) in [7, 11) is 4.17. The van der Waals surface area contributed by atoms with Gasteiger partial charge in [-0.2, -0.15) is 0 Å². The average Bonchev–Trinajstić information content (AvgIpc) is 2.55. The van der Waals surface area contributed by atoms with Crippen LogP contribution in [0.3, 0.4) is 0 Å². The van der Waals surface area contributed by atoms with Crippen molar-refractivity contribution in [2.75, 3.05) is 20.6 Å². The Morgan fingerprint density at radius 2 is 1.92 bits per heavy atom. The maximum absolute atomic E-state index is 9.84. The highest BCUT2D eigenvalue weighted by Gasteiger charge is 2.22. The van der Waals surface area contributed by atoms with Gasteiger partial charge in [0.05, 0.1) is 6.10 Å². The van der Waals surface area contributed by atoms with Crippen LogP contribution in [0.15, 0.2) is 0 Å². The summed E-state index contributed by atoms with van der Waals surface area (Å²) in [6.07, 6.45) is 7.26. The van der Waals surface area contributed by atoms with Crippen molar-refractivity contribution < 1.29 is 5.11 Å². The Morgan fingerprint density at radius 3 is 2.46 bits per heavy atom. The molecule has 0 amide bonds. The molecule has 0 aromatic carbocycles. The molecule has 0 aromatic rings. The van der Waals surface area contributed by atoms with Crippen molar-refractivity contribution in [3.63, 3.8) is 0 Å². The number of hydrogen-bond acceptors (Lipinski definition) is 2. The molecule has 1 aliphatic carbocycles. The van der Waals surface area contributed by atoms with Gasteiger partial charge in [0, 0.05) is 0 Å². The third kappa shape index (κ3) is 4.10. The van der Waals surface area contributed by atoms with E-state index in [1.165, 1.54) is 25.7 Å². The van der Waals surface area contributed by atoms with Crippen LogP contribution in [0.4, 0.5) is 0 Å². The van der Waals surface area contributed by atoms with Gasteiger partial charge in [-0.05, 0) is 52.2 Å². The first kappa shape index (κ1) is 11.0. The second-order valence-electron chi connectivity index (χ2n) is 4.56. The summed E-state index contributed by atoms with van der Waals surface area (Å²) >= 11 is 0. The van der Waals surface area contributed by atoms with E-state index in [9.17, 15) is 5.11 Å². The Labute approximate surface area is 81.9 Å². The molecule has 0 saturated heterocycles. The molecule has 2 heteroatoms. The third-order valence-electron chi connectivity index (χ3n) is 3.05. The van der Waals surface area contributed by atoms with Gasteiger partial charge in [-0.15, -0.1) is 0 Å². The van der Waals surface area contributed by atoms with Crippen LogP contribution in [0.1, 0.15) is 38.5 Å². The van der Waals surface area contributed by atoms with Crippen LogP contribution in [0.25, 0.3) is 0 Å². The zero-order valence-corrected chi connectivity index (χ0v) is 9.00. The SMILES string of the molecule is CN(C)CCC[C@@H](O)C1CCCC1. The molecular weight excluding hydrogens is 162 g/mol. The first-order valence-corrected chi connectivity index (χ1v) is 5.53. The van der Waals surface area contributed by atoms with E-state index in [2.05, 4.69) is 19.0 Å². The Morgan fingerprint density at radius 1 is 1.31 bits per heavy atom. The summed E-state index contributed by atoms with van der Waals surface area (Å²) < 4.78 is 0. The van der Waals surface area contributed by atoms with Gasteiger partial charge < -0.3 is 10.0 Å². The Kier molecular flexibility index (Phi) is 4.74. The van der Waals surface area contributed by atoms with E-state index in [0.717, 1.165) is 19.4 Å². The van der Waals surface area contributed by atoms with Crippen LogP contribution in [0, 0.1) is 5.92 Å². The van der Waals surface area contributed by atoms with Crippen LogP contribution in [0.5, 0.6) is 0 Å². The number of nitrogens with zero attached hydrogens (tertiary/aromatic N) is 1. The molecule has 1 aliphatic rings. The molecule has 2 nitrogen and oxygen atoms in total. The number of aliphatic hydroxyl groups is 1. The summed E-state index contributed by atoms with van der Waals surface area (Å²) in [6, 6.07) is 0. The molecule has 0 unspecified atom stereocenters. The normalized spacial score (nSPS) is 21.2. The molecule has 0 bridgehead atoms. The van der Waals surface area contributed by atoms with Gasteiger partial charge in [0.2, 0.25) is 0 Å². The third-order valence-corrected chi connectivity index (χ3v) is 3.05. The predicted molar refractivity (Wildman–Crippen MR) is 55.8 cm³/mol. The second kappa shape index (κ2) is 5.61. The average molecular weight is 185 g/mol. The molecule has 1 atom stereocenters. The van der Waals surface area contributed by atoms with Crippen molar-refractivity contribution >= 4 is 0 Å². The minimum absolute atomic E-state index is 0.0255. The van der Waals surface area contributed by atoms with Gasteiger partial charge >= 0.3 is 0 Å². The minimum atomic E-state index is -0.0255. The summed E-state index contributed by atoms with van der Waals surface area (Å²) in [5.41, 5.74) is 0. The number of hydrogen-bond donors (Lipinski definition) is 1. The fourth-order valence-electron chi connectivity index (χ4n) is 2.19. The van der Waals surface area contributed by atoms with Gasteiger partial charge in [0.15, 0.2) is 0 Å². The van der Waals surface area contributed by atoms with Crippen molar-refractivity contribution in [3.05, 3.63) is 0 Å². The monoisotopic (exact) mass is 185 g/mol. The van der Waals surface area contributed by atoms with E-state index < -0.39 is 0 Å². The van der Waals surface area contributed by atoms with Crippen LogP contribution in [-0.4, -0.2) is 36.8 Å². The van der Waals surface area contributed by atoms with E-state index >= 15 is 0 Å². The van der Waals surface area contributed by atoms with Gasteiger partial charge in [0.1, 0.15) is 0 Å². The van der Waals surface area contributed by atoms with E-state index in [-0.39, 0.29) is 6.10 Å². The van der Waals surface area contributed by atoms with Crippen LogP contribution < -0.4 is 0 Å². The lowest BCUT2D eigenvalue weighted by Gasteiger charge is -2.18. The zero-order valence-electron chi connectivity index (χ0n) is 9.00. The predicted octanol–water partition coefficient (Wildman–Crippen LogP) is 1.88. The molecule has 1 saturated carbocycles. The fraction of sp³-hybridized carbons (Fsp3) is 1.00. The van der Waals surface area contributed by atoms with E-state index in [1.54, 1.807) is 0 Å². The molecule has 0 aliphatic heterocycles. The second-order valence-corrected chi connectivity index (χ2v) is 4.56. The molecule has 1 N–H and O–H groups in total. The van der Waals surface area contributed by atoms with Gasteiger partial charge in [-0.25, -0.2) is 0 Å². The maximum Gasteiger partial charge on any atom is 0.0568 e. The molecule has 13 heavy (non-hydrogen) atoms. The van der Waals surface area contributed by atoms with Crippen LogP contribution in [0.2, 0.25) is 0 Å². The molecule has 78 valence electrons. The summed E-state index contributed by atoms with van der Waals surface area (Å²) in [5.74, 6) is 0.613. The first-order valence-electron chi connectivity index (χ1n) is 5.53. The lowest BCUT2D eigenvalue weighted by atomic mass is 9.97. The lowest BCUT2D eigenvalue weighted by molar-refractivity contribution is 0.0974. The molecule has 1 fully saturated rings. The highest BCUT2D eigenvalue weighted by Crippen LogP contribution is 2.29. The molecule has 0 radical (unpaired) electrons. The maximum atomic E-state index is 9.84. The standard InChI is InChI=1S/C11H23NO/c1-12(2)9-5-8-11(13)10-6-3-4-7-10/h10-11,13H,3-9H2,1-2H3/t11-/m1/s1. The first-order chi connectivity index (χ1) is 6.20. The van der Waals surface area contributed by atoms with Crippen molar-refractivity contribution in [2.24, 2.45) is 5.92 Å². The molecule has 0 spiro atoms. The van der Waals surface area contributed by atoms with E-state index in [0.29, 0.717) is 5.92 Å². The van der Waals surface area contributed by atoms with Gasteiger partial charge in [-0.3, -0.25) is 0 Å². The van der Waals surface area contributed by atoms with E-state index in [4.69, 9.17) is 0 Å². The summed E-state index contributed by atoms with van der Waals surface area (Å²) in [6.45, 7) is 1.10. The van der Waals surface area contributed by atoms with Crippen molar-refractivity contribution in [1.29, 1.82) is 0 Å². The zero-order chi connectivity index (χ0) is 9.68. The van der Waals surface area contributed by atoms with E-state index in [1.807, 2.05) is 0 Å². The summed E-state index contributed by atoms with van der Waals surface area (Å²) in [4.78, 5) is 2.18.